The molecular formula is C16H23N3O. The second-order valence-electron chi connectivity index (χ2n) is 4.95. The van der Waals surface area contributed by atoms with Gasteiger partial charge in [0.25, 0.3) is 0 Å². The third kappa shape index (κ3) is 3.92. The van der Waals surface area contributed by atoms with Gasteiger partial charge in [0.05, 0.1) is 12.2 Å². The van der Waals surface area contributed by atoms with E-state index in [1.165, 1.54) is 5.56 Å². The number of aromatic nitrogens is 1. The molecule has 0 spiro atoms. The van der Waals surface area contributed by atoms with Crippen molar-refractivity contribution >= 4 is 0 Å². The van der Waals surface area contributed by atoms with Gasteiger partial charge in [0.2, 0.25) is 0 Å². The second kappa shape index (κ2) is 7.22. The lowest BCUT2D eigenvalue weighted by Crippen LogP contribution is -2.22. The Bertz CT molecular complexity index is 522. The van der Waals surface area contributed by atoms with Crippen LogP contribution in [0, 0.1) is 6.92 Å². The fourth-order valence-corrected chi connectivity index (χ4v) is 2.25. The van der Waals surface area contributed by atoms with Crippen molar-refractivity contribution in [2.24, 2.45) is 0 Å². The largest absolute Gasteiger partial charge is 0.465 e. The summed E-state index contributed by atoms with van der Waals surface area (Å²) in [5, 5.41) is 3.11. The van der Waals surface area contributed by atoms with Gasteiger partial charge >= 0.3 is 0 Å². The standard InChI is InChI=1S/C16H23N3O/c1-4-19(12-15-7-5-6-8-18-15)11-14-9-16(10-17-3)20-13(14)2/h5-9,17H,4,10-12H2,1-3H3. The van der Waals surface area contributed by atoms with E-state index >= 15 is 0 Å². The van der Waals surface area contributed by atoms with Crippen molar-refractivity contribution in [3.63, 3.8) is 0 Å². The van der Waals surface area contributed by atoms with Crippen LogP contribution in [0.5, 0.6) is 0 Å². The molecule has 2 heterocycles. The molecule has 2 rings (SSSR count). The molecule has 4 nitrogen and oxygen atoms in total. The third-order valence-electron chi connectivity index (χ3n) is 3.38. The van der Waals surface area contributed by atoms with E-state index in [0.29, 0.717) is 0 Å². The van der Waals surface area contributed by atoms with E-state index in [1.54, 1.807) is 0 Å². The fraction of sp³-hybridized carbons (Fsp3) is 0.438. The number of nitrogens with one attached hydrogen (secondary N) is 1. The minimum Gasteiger partial charge on any atom is -0.465 e. The first-order chi connectivity index (χ1) is 9.72. The molecule has 0 aliphatic heterocycles. The summed E-state index contributed by atoms with van der Waals surface area (Å²) in [6.07, 6.45) is 1.84. The predicted molar refractivity (Wildman–Crippen MR) is 80.2 cm³/mol. The van der Waals surface area contributed by atoms with Crippen LogP contribution in [0.2, 0.25) is 0 Å². The number of aryl methyl sites for hydroxylation is 1. The molecule has 0 aliphatic carbocycles. The van der Waals surface area contributed by atoms with E-state index in [0.717, 1.165) is 43.4 Å². The van der Waals surface area contributed by atoms with Gasteiger partial charge in [-0.3, -0.25) is 9.88 Å². The summed E-state index contributed by atoms with van der Waals surface area (Å²) < 4.78 is 5.75. The molecular weight excluding hydrogens is 250 g/mol. The van der Waals surface area contributed by atoms with Gasteiger partial charge in [-0.05, 0) is 38.7 Å². The first kappa shape index (κ1) is 14.8. The Balaban J connectivity index is 2.02. The maximum Gasteiger partial charge on any atom is 0.118 e. The average Bonchev–Trinajstić information content (AvgIpc) is 2.79. The summed E-state index contributed by atoms with van der Waals surface area (Å²) in [5.74, 6) is 2.00. The van der Waals surface area contributed by atoms with Crippen LogP contribution in [0.3, 0.4) is 0 Å². The summed E-state index contributed by atoms with van der Waals surface area (Å²) in [4.78, 5) is 6.75. The van der Waals surface area contributed by atoms with Crippen molar-refractivity contribution in [2.45, 2.75) is 33.5 Å². The van der Waals surface area contributed by atoms with E-state index in [-0.39, 0.29) is 0 Å². The maximum atomic E-state index is 5.75. The number of pyridine rings is 1. The van der Waals surface area contributed by atoms with Crippen LogP contribution in [0.1, 0.15) is 29.7 Å². The molecule has 108 valence electrons. The molecule has 0 amide bonds. The lowest BCUT2D eigenvalue weighted by Gasteiger charge is -2.19. The summed E-state index contributed by atoms with van der Waals surface area (Å²) in [6.45, 7) is 7.72. The average molecular weight is 273 g/mol. The SMILES string of the molecule is CCN(Cc1ccccn1)Cc1cc(CNC)oc1C. The second-order valence-corrected chi connectivity index (χ2v) is 4.95. The van der Waals surface area contributed by atoms with Crippen molar-refractivity contribution in [3.8, 4) is 0 Å². The minimum atomic E-state index is 0.771. The van der Waals surface area contributed by atoms with Crippen LogP contribution in [-0.2, 0) is 19.6 Å². The minimum absolute atomic E-state index is 0.771. The molecule has 0 saturated carbocycles. The molecule has 0 fully saturated rings. The molecule has 0 unspecified atom stereocenters. The summed E-state index contributed by atoms with van der Waals surface area (Å²) >= 11 is 0. The van der Waals surface area contributed by atoms with Crippen molar-refractivity contribution in [1.82, 2.24) is 15.2 Å². The molecule has 0 aromatic carbocycles. The Morgan fingerprint density at radius 2 is 2.15 bits per heavy atom. The highest BCUT2D eigenvalue weighted by molar-refractivity contribution is 5.21. The monoisotopic (exact) mass is 273 g/mol. The summed E-state index contributed by atoms with van der Waals surface area (Å²) in [5.41, 5.74) is 2.36. The molecule has 1 N–H and O–H groups in total. The van der Waals surface area contributed by atoms with Gasteiger partial charge in [0, 0.05) is 24.8 Å². The first-order valence-electron chi connectivity index (χ1n) is 7.08. The Kier molecular flexibility index (Phi) is 5.32. The molecule has 20 heavy (non-hydrogen) atoms. The van der Waals surface area contributed by atoms with E-state index in [4.69, 9.17) is 4.42 Å². The van der Waals surface area contributed by atoms with E-state index < -0.39 is 0 Å². The van der Waals surface area contributed by atoms with E-state index in [9.17, 15) is 0 Å². The zero-order valence-electron chi connectivity index (χ0n) is 12.5. The van der Waals surface area contributed by atoms with Crippen LogP contribution >= 0.6 is 0 Å². The molecule has 4 heteroatoms. The van der Waals surface area contributed by atoms with Crippen LogP contribution in [-0.4, -0.2) is 23.5 Å². The third-order valence-corrected chi connectivity index (χ3v) is 3.38. The Labute approximate surface area is 120 Å². The Morgan fingerprint density at radius 3 is 2.80 bits per heavy atom. The smallest absolute Gasteiger partial charge is 0.118 e. The fourth-order valence-electron chi connectivity index (χ4n) is 2.25. The predicted octanol–water partition coefficient (Wildman–Crippen LogP) is 2.72. The zero-order chi connectivity index (χ0) is 14.4. The first-order valence-corrected chi connectivity index (χ1v) is 7.08. The van der Waals surface area contributed by atoms with Crippen LogP contribution < -0.4 is 5.32 Å². The molecule has 2 aromatic heterocycles. The molecule has 2 aromatic rings. The highest BCUT2D eigenvalue weighted by atomic mass is 16.3. The maximum absolute atomic E-state index is 5.75. The zero-order valence-corrected chi connectivity index (χ0v) is 12.5. The van der Waals surface area contributed by atoms with Crippen molar-refractivity contribution in [1.29, 1.82) is 0 Å². The lowest BCUT2D eigenvalue weighted by atomic mass is 10.2. The van der Waals surface area contributed by atoms with Gasteiger partial charge in [-0.2, -0.15) is 0 Å². The van der Waals surface area contributed by atoms with E-state index in [2.05, 4.69) is 34.3 Å². The van der Waals surface area contributed by atoms with Gasteiger partial charge in [-0.25, -0.2) is 0 Å². The number of furan rings is 1. The van der Waals surface area contributed by atoms with Crippen molar-refractivity contribution in [2.75, 3.05) is 13.6 Å². The number of hydrogen-bond donors (Lipinski definition) is 1. The van der Waals surface area contributed by atoms with Crippen LogP contribution in [0.15, 0.2) is 34.9 Å². The Morgan fingerprint density at radius 1 is 1.30 bits per heavy atom. The van der Waals surface area contributed by atoms with Gasteiger partial charge < -0.3 is 9.73 Å². The van der Waals surface area contributed by atoms with E-state index in [1.807, 2.05) is 32.3 Å². The van der Waals surface area contributed by atoms with Gasteiger partial charge in [0.15, 0.2) is 0 Å². The van der Waals surface area contributed by atoms with Gasteiger partial charge in [-0.15, -0.1) is 0 Å². The van der Waals surface area contributed by atoms with Gasteiger partial charge in [-0.1, -0.05) is 13.0 Å². The molecule has 0 bridgehead atoms. The molecule has 0 aliphatic rings. The van der Waals surface area contributed by atoms with Crippen LogP contribution in [0.4, 0.5) is 0 Å². The van der Waals surface area contributed by atoms with Gasteiger partial charge in [0.1, 0.15) is 11.5 Å². The number of rotatable bonds is 7. The number of hydrogen-bond acceptors (Lipinski definition) is 4. The summed E-state index contributed by atoms with van der Waals surface area (Å²) in [6, 6.07) is 8.19. The summed E-state index contributed by atoms with van der Waals surface area (Å²) in [7, 11) is 1.93. The van der Waals surface area contributed by atoms with Crippen molar-refractivity contribution < 1.29 is 4.42 Å². The normalized spacial score (nSPS) is 11.2. The highest BCUT2D eigenvalue weighted by Gasteiger charge is 2.11. The van der Waals surface area contributed by atoms with Crippen molar-refractivity contribution in [3.05, 3.63) is 53.2 Å². The topological polar surface area (TPSA) is 41.3 Å². The van der Waals surface area contributed by atoms with Crippen LogP contribution in [0.25, 0.3) is 0 Å². The molecule has 0 atom stereocenters. The molecule has 0 radical (unpaired) electrons. The Hall–Kier alpha value is -1.65. The number of nitrogens with zero attached hydrogens (tertiary/aromatic N) is 2. The molecule has 0 saturated heterocycles. The quantitative estimate of drug-likeness (QED) is 0.842. The lowest BCUT2D eigenvalue weighted by molar-refractivity contribution is 0.266. The highest BCUT2D eigenvalue weighted by Crippen LogP contribution is 2.17.